The Morgan fingerprint density at radius 2 is 1.75 bits per heavy atom. The highest BCUT2D eigenvalue weighted by Gasteiger charge is 2.13. The molecular weight excluding hydrogens is 308 g/mol. The van der Waals surface area contributed by atoms with Crippen LogP contribution in [0.1, 0.15) is 26.3 Å². The molecule has 1 aromatic heterocycles. The minimum atomic E-state index is -0.542. The first kappa shape index (κ1) is 17.6. The first-order chi connectivity index (χ1) is 11.6. The van der Waals surface area contributed by atoms with E-state index < -0.39 is 11.9 Å². The van der Waals surface area contributed by atoms with Gasteiger partial charge in [0.1, 0.15) is 6.61 Å². The van der Waals surface area contributed by atoms with Crippen LogP contribution in [-0.2, 0) is 16.0 Å². The molecule has 2 rings (SSSR count). The zero-order valence-corrected chi connectivity index (χ0v) is 13.8. The predicted molar refractivity (Wildman–Crippen MR) is 88.6 cm³/mol. The molecule has 0 aliphatic carbocycles. The quantitative estimate of drug-likeness (QED) is 0.726. The molecule has 0 saturated heterocycles. The Kier molecular flexibility index (Phi) is 6.45. The van der Waals surface area contributed by atoms with E-state index in [4.69, 9.17) is 4.74 Å². The molecule has 0 bridgehead atoms. The fourth-order valence-electron chi connectivity index (χ4n) is 2.13. The van der Waals surface area contributed by atoms with Crippen LogP contribution >= 0.6 is 0 Å². The molecule has 0 unspecified atom stereocenters. The minimum Gasteiger partial charge on any atom is -0.465 e. The molecule has 6 heteroatoms. The molecule has 0 atom stereocenters. The van der Waals surface area contributed by atoms with Gasteiger partial charge in [0.05, 0.1) is 18.2 Å². The molecule has 126 valence electrons. The number of hydrogen-bond donors (Lipinski definition) is 0. The van der Waals surface area contributed by atoms with Gasteiger partial charge in [-0.1, -0.05) is 30.3 Å². The lowest BCUT2D eigenvalue weighted by Crippen LogP contribution is -2.24. The van der Waals surface area contributed by atoms with Gasteiger partial charge < -0.3 is 9.47 Å². The number of carbonyl (C=O) groups is 2. The third-order valence-electron chi connectivity index (χ3n) is 3.40. The average molecular weight is 328 g/mol. The molecule has 0 N–H and O–H groups in total. The van der Waals surface area contributed by atoms with Crippen molar-refractivity contribution in [1.82, 2.24) is 9.88 Å². The van der Waals surface area contributed by atoms with Crippen molar-refractivity contribution >= 4 is 11.9 Å². The second-order valence-electron chi connectivity index (χ2n) is 5.31. The zero-order chi connectivity index (χ0) is 17.4. The average Bonchev–Trinajstić information content (AvgIpc) is 2.61. The molecule has 2 aromatic rings. The summed E-state index contributed by atoms with van der Waals surface area (Å²) in [5, 5.41) is 0. The highest BCUT2D eigenvalue weighted by molar-refractivity contribution is 5.94. The van der Waals surface area contributed by atoms with Crippen LogP contribution in [0.3, 0.4) is 0 Å². The molecule has 0 aliphatic rings. The van der Waals surface area contributed by atoms with Crippen LogP contribution < -0.4 is 0 Å². The number of likely N-dealkylation sites (N-methyl/N-ethyl adjacent to an activating group) is 1. The Morgan fingerprint density at radius 1 is 1.08 bits per heavy atom. The Bertz CT molecular complexity index is 688. The Morgan fingerprint density at radius 3 is 2.42 bits per heavy atom. The fraction of sp³-hybridized carbons (Fsp3) is 0.278. The Balaban J connectivity index is 1.82. The topological polar surface area (TPSA) is 68.7 Å². The van der Waals surface area contributed by atoms with Gasteiger partial charge in [-0.25, -0.2) is 9.59 Å². The number of nitrogens with zero attached hydrogens (tertiary/aromatic N) is 2. The van der Waals surface area contributed by atoms with E-state index in [0.29, 0.717) is 6.54 Å². The maximum atomic E-state index is 12.0. The summed E-state index contributed by atoms with van der Waals surface area (Å²) in [6.45, 7) is 1.63. The number of methoxy groups -OCH3 is 1. The largest absolute Gasteiger partial charge is 0.465 e. The molecule has 24 heavy (non-hydrogen) atoms. The second kappa shape index (κ2) is 8.79. The Hall–Kier alpha value is -2.73. The molecule has 0 saturated carbocycles. The monoisotopic (exact) mass is 328 g/mol. The highest BCUT2D eigenvalue weighted by atomic mass is 16.5. The third kappa shape index (κ3) is 5.17. The van der Waals surface area contributed by atoms with Crippen LogP contribution in [0.15, 0.2) is 48.8 Å². The van der Waals surface area contributed by atoms with Gasteiger partial charge in [0, 0.05) is 25.5 Å². The van der Waals surface area contributed by atoms with E-state index in [0.717, 1.165) is 6.54 Å². The number of hydrogen-bond acceptors (Lipinski definition) is 6. The van der Waals surface area contributed by atoms with Crippen molar-refractivity contribution in [1.29, 1.82) is 0 Å². The van der Waals surface area contributed by atoms with E-state index in [1.165, 1.54) is 31.1 Å². The molecular formula is C18H20N2O4. The summed E-state index contributed by atoms with van der Waals surface area (Å²) in [5.74, 6) is -1.05. The van der Waals surface area contributed by atoms with Crippen molar-refractivity contribution in [2.75, 3.05) is 27.3 Å². The van der Waals surface area contributed by atoms with Gasteiger partial charge in [-0.05, 0) is 18.7 Å². The summed E-state index contributed by atoms with van der Waals surface area (Å²) in [4.78, 5) is 29.4. The molecule has 1 aromatic carbocycles. The highest BCUT2D eigenvalue weighted by Crippen LogP contribution is 2.07. The number of ether oxygens (including phenoxy) is 2. The molecule has 6 nitrogen and oxygen atoms in total. The van der Waals surface area contributed by atoms with E-state index in [2.05, 4.69) is 14.6 Å². The van der Waals surface area contributed by atoms with Gasteiger partial charge >= 0.3 is 11.9 Å². The standard InChI is InChI=1S/C18H20N2O4/c1-20(13-14-6-4-3-5-7-14)8-9-24-18(22)16-10-15(11-19-12-16)17(21)23-2/h3-7,10-12H,8-9,13H2,1-2H3. The van der Waals surface area contributed by atoms with Crippen LogP contribution in [0.4, 0.5) is 0 Å². The lowest BCUT2D eigenvalue weighted by molar-refractivity contribution is 0.0470. The number of rotatable bonds is 7. The van der Waals surface area contributed by atoms with Gasteiger partial charge in [-0.2, -0.15) is 0 Å². The normalized spacial score (nSPS) is 10.5. The number of benzene rings is 1. The van der Waals surface area contributed by atoms with Gasteiger partial charge in [0.15, 0.2) is 0 Å². The van der Waals surface area contributed by atoms with Crippen LogP contribution in [0, 0.1) is 0 Å². The molecule has 0 aliphatic heterocycles. The molecule has 0 spiro atoms. The van der Waals surface area contributed by atoms with E-state index in [1.807, 2.05) is 37.4 Å². The minimum absolute atomic E-state index is 0.216. The third-order valence-corrected chi connectivity index (χ3v) is 3.40. The van der Waals surface area contributed by atoms with Crippen LogP contribution in [-0.4, -0.2) is 49.1 Å². The first-order valence-electron chi connectivity index (χ1n) is 7.53. The smallest absolute Gasteiger partial charge is 0.339 e. The lowest BCUT2D eigenvalue weighted by Gasteiger charge is -2.16. The molecule has 0 amide bonds. The van der Waals surface area contributed by atoms with Gasteiger partial charge in [-0.15, -0.1) is 0 Å². The van der Waals surface area contributed by atoms with E-state index in [1.54, 1.807) is 0 Å². The first-order valence-corrected chi connectivity index (χ1v) is 7.53. The Labute approximate surface area is 141 Å². The second-order valence-corrected chi connectivity index (χ2v) is 5.31. The van der Waals surface area contributed by atoms with E-state index >= 15 is 0 Å². The van der Waals surface area contributed by atoms with Crippen LogP contribution in [0.5, 0.6) is 0 Å². The molecule has 0 fully saturated rings. The summed E-state index contributed by atoms with van der Waals surface area (Å²) in [6, 6.07) is 11.5. The van der Waals surface area contributed by atoms with Gasteiger partial charge in [0.25, 0.3) is 0 Å². The molecule has 0 radical (unpaired) electrons. The lowest BCUT2D eigenvalue weighted by atomic mass is 10.2. The molecule has 1 heterocycles. The van der Waals surface area contributed by atoms with Crippen molar-refractivity contribution < 1.29 is 19.1 Å². The number of pyridine rings is 1. The van der Waals surface area contributed by atoms with Crippen molar-refractivity contribution in [2.45, 2.75) is 6.54 Å². The predicted octanol–water partition coefficient (Wildman–Crippen LogP) is 2.16. The summed E-state index contributed by atoms with van der Waals surface area (Å²) < 4.78 is 9.83. The zero-order valence-electron chi connectivity index (χ0n) is 13.8. The summed E-state index contributed by atoms with van der Waals surface area (Å²) >= 11 is 0. The van der Waals surface area contributed by atoms with Crippen molar-refractivity contribution in [3.63, 3.8) is 0 Å². The number of carbonyl (C=O) groups excluding carboxylic acids is 2. The van der Waals surface area contributed by atoms with Gasteiger partial charge in [0.2, 0.25) is 0 Å². The maximum absolute atomic E-state index is 12.0. The summed E-state index contributed by atoms with van der Waals surface area (Å²) in [6.07, 6.45) is 2.71. The SMILES string of the molecule is COC(=O)c1cncc(C(=O)OCCN(C)Cc2ccccc2)c1. The van der Waals surface area contributed by atoms with Crippen LogP contribution in [0.25, 0.3) is 0 Å². The fourth-order valence-corrected chi connectivity index (χ4v) is 2.13. The summed E-state index contributed by atoms with van der Waals surface area (Å²) in [7, 11) is 3.23. The number of aromatic nitrogens is 1. The van der Waals surface area contributed by atoms with E-state index in [-0.39, 0.29) is 17.7 Å². The maximum Gasteiger partial charge on any atom is 0.339 e. The van der Waals surface area contributed by atoms with Crippen molar-refractivity contribution in [2.24, 2.45) is 0 Å². The summed E-state index contributed by atoms with van der Waals surface area (Å²) in [5.41, 5.74) is 1.64. The van der Waals surface area contributed by atoms with Crippen molar-refractivity contribution in [3.8, 4) is 0 Å². The van der Waals surface area contributed by atoms with Crippen molar-refractivity contribution in [3.05, 3.63) is 65.5 Å². The van der Waals surface area contributed by atoms with E-state index in [9.17, 15) is 9.59 Å². The van der Waals surface area contributed by atoms with Gasteiger partial charge in [-0.3, -0.25) is 9.88 Å². The van der Waals surface area contributed by atoms with Crippen LogP contribution in [0.2, 0.25) is 0 Å². The number of esters is 2.